The van der Waals surface area contributed by atoms with Crippen LogP contribution < -0.4 is 10.1 Å². The van der Waals surface area contributed by atoms with Gasteiger partial charge in [0.15, 0.2) is 0 Å². The smallest absolute Gasteiger partial charge is 0.416 e. The second kappa shape index (κ2) is 6.49. The Morgan fingerprint density at radius 3 is 2.74 bits per heavy atom. The van der Waals surface area contributed by atoms with Gasteiger partial charge in [-0.2, -0.15) is 18.3 Å². The predicted molar refractivity (Wildman–Crippen MR) is 97.8 cm³/mol. The molecular weight excluding hydrogens is 379 g/mol. The van der Waals surface area contributed by atoms with Gasteiger partial charge in [0.05, 0.1) is 18.4 Å². The van der Waals surface area contributed by atoms with E-state index in [0.29, 0.717) is 40.7 Å². The van der Waals surface area contributed by atoms with Gasteiger partial charge in [0.25, 0.3) is 0 Å². The molecule has 4 rings (SSSR count). The summed E-state index contributed by atoms with van der Waals surface area (Å²) in [5.41, 5.74) is 1.73. The lowest BCUT2D eigenvalue weighted by Gasteiger charge is -2.11. The van der Waals surface area contributed by atoms with Gasteiger partial charge in [-0.25, -0.2) is 4.68 Å². The van der Waals surface area contributed by atoms with Gasteiger partial charge in [-0.1, -0.05) is 23.7 Å². The predicted octanol–water partition coefficient (Wildman–Crippen LogP) is 5.19. The summed E-state index contributed by atoms with van der Waals surface area (Å²) in [6, 6.07) is 10.4. The van der Waals surface area contributed by atoms with E-state index >= 15 is 0 Å². The van der Waals surface area contributed by atoms with Gasteiger partial charge in [0.2, 0.25) is 0 Å². The Morgan fingerprint density at radius 2 is 2.00 bits per heavy atom. The first-order valence-electron chi connectivity index (χ1n) is 8.26. The number of anilines is 1. The highest BCUT2D eigenvalue weighted by molar-refractivity contribution is 6.30. The van der Waals surface area contributed by atoms with Crippen molar-refractivity contribution in [3.8, 4) is 22.7 Å². The van der Waals surface area contributed by atoms with E-state index in [9.17, 15) is 13.2 Å². The number of hydrogen-bond acceptors (Lipinski definition) is 3. The topological polar surface area (TPSA) is 39.1 Å². The number of fused-ring (bicyclic) bond motifs is 1. The summed E-state index contributed by atoms with van der Waals surface area (Å²) in [6.07, 6.45) is -3.74. The van der Waals surface area contributed by atoms with Crippen LogP contribution in [-0.4, -0.2) is 23.4 Å². The molecule has 3 aromatic rings. The van der Waals surface area contributed by atoms with Crippen LogP contribution in [-0.2, 0) is 12.6 Å². The van der Waals surface area contributed by atoms with Crippen molar-refractivity contribution in [2.24, 2.45) is 0 Å². The SMILES string of the molecule is COc1ccc(Cl)cc1-n1nc(-c2cccc(C(F)(F)F)c2)c2c1NCC2. The van der Waals surface area contributed by atoms with Crippen LogP contribution >= 0.6 is 11.6 Å². The van der Waals surface area contributed by atoms with Crippen molar-refractivity contribution in [1.29, 1.82) is 0 Å². The number of halogens is 4. The van der Waals surface area contributed by atoms with E-state index in [0.717, 1.165) is 23.5 Å². The Hall–Kier alpha value is -2.67. The number of rotatable bonds is 3. The first-order valence-corrected chi connectivity index (χ1v) is 8.63. The molecule has 1 aliphatic heterocycles. The number of methoxy groups -OCH3 is 1. The van der Waals surface area contributed by atoms with E-state index in [1.54, 1.807) is 28.9 Å². The number of benzene rings is 2. The normalized spacial score (nSPS) is 13.4. The number of nitrogens with zero attached hydrogens (tertiary/aromatic N) is 2. The van der Waals surface area contributed by atoms with Crippen LogP contribution in [0.15, 0.2) is 42.5 Å². The Labute approximate surface area is 158 Å². The number of hydrogen-bond donors (Lipinski definition) is 1. The molecule has 27 heavy (non-hydrogen) atoms. The number of aromatic nitrogens is 2. The summed E-state index contributed by atoms with van der Waals surface area (Å²) in [4.78, 5) is 0. The molecule has 1 aliphatic rings. The molecule has 1 aromatic heterocycles. The van der Waals surface area contributed by atoms with Crippen molar-refractivity contribution in [2.75, 3.05) is 19.0 Å². The van der Waals surface area contributed by atoms with Crippen LogP contribution in [0.25, 0.3) is 16.9 Å². The lowest BCUT2D eigenvalue weighted by Crippen LogP contribution is -2.06. The molecule has 8 heteroatoms. The third kappa shape index (κ3) is 3.12. The Morgan fingerprint density at radius 1 is 1.19 bits per heavy atom. The van der Waals surface area contributed by atoms with E-state index in [1.807, 2.05) is 0 Å². The second-order valence-electron chi connectivity index (χ2n) is 6.16. The lowest BCUT2D eigenvalue weighted by atomic mass is 10.0. The zero-order valence-electron chi connectivity index (χ0n) is 14.3. The van der Waals surface area contributed by atoms with Crippen LogP contribution in [0.3, 0.4) is 0 Å². The third-order valence-corrected chi connectivity index (χ3v) is 4.72. The molecule has 0 unspecified atom stereocenters. The molecule has 2 aromatic carbocycles. The van der Waals surface area contributed by atoms with Crippen LogP contribution in [0.4, 0.5) is 19.0 Å². The third-order valence-electron chi connectivity index (χ3n) is 4.48. The largest absolute Gasteiger partial charge is 0.494 e. The molecule has 0 atom stereocenters. The quantitative estimate of drug-likeness (QED) is 0.665. The monoisotopic (exact) mass is 393 g/mol. The Kier molecular flexibility index (Phi) is 4.26. The molecule has 0 radical (unpaired) electrons. The molecule has 0 amide bonds. The standard InChI is InChI=1S/C19H15ClF3N3O/c1-27-16-6-5-13(20)10-15(16)26-18-14(7-8-24-18)17(25-26)11-3-2-4-12(9-11)19(21,22)23/h2-6,9-10,24H,7-8H2,1H3. The number of ether oxygens (including phenoxy) is 1. The van der Waals surface area contributed by atoms with Crippen molar-refractivity contribution in [1.82, 2.24) is 9.78 Å². The van der Waals surface area contributed by atoms with Crippen LogP contribution in [0.5, 0.6) is 5.75 Å². The van der Waals surface area contributed by atoms with Gasteiger partial charge in [0.1, 0.15) is 17.3 Å². The maximum Gasteiger partial charge on any atom is 0.416 e. The van der Waals surface area contributed by atoms with Crippen molar-refractivity contribution in [3.05, 3.63) is 58.6 Å². The first kappa shape index (κ1) is 17.7. The molecule has 0 spiro atoms. The number of alkyl halides is 3. The minimum Gasteiger partial charge on any atom is -0.494 e. The zero-order chi connectivity index (χ0) is 19.2. The Balaban J connectivity index is 1.89. The van der Waals surface area contributed by atoms with E-state index in [2.05, 4.69) is 10.4 Å². The van der Waals surface area contributed by atoms with Crippen molar-refractivity contribution < 1.29 is 17.9 Å². The summed E-state index contributed by atoms with van der Waals surface area (Å²) >= 11 is 6.13. The molecule has 2 heterocycles. The van der Waals surface area contributed by atoms with Gasteiger partial charge in [-0.15, -0.1) is 0 Å². The Bertz CT molecular complexity index is 1010. The van der Waals surface area contributed by atoms with Crippen molar-refractivity contribution >= 4 is 17.4 Å². The molecule has 4 nitrogen and oxygen atoms in total. The highest BCUT2D eigenvalue weighted by Gasteiger charge is 2.32. The van der Waals surface area contributed by atoms with Gasteiger partial charge in [-0.05, 0) is 36.8 Å². The molecule has 0 bridgehead atoms. The summed E-state index contributed by atoms with van der Waals surface area (Å²) < 4.78 is 46.3. The fourth-order valence-corrected chi connectivity index (χ4v) is 3.42. The molecule has 0 fully saturated rings. The van der Waals surface area contributed by atoms with E-state index in [4.69, 9.17) is 16.3 Å². The molecule has 1 N–H and O–H groups in total. The second-order valence-corrected chi connectivity index (χ2v) is 6.60. The molecule has 140 valence electrons. The van der Waals surface area contributed by atoms with Crippen LogP contribution in [0, 0.1) is 0 Å². The van der Waals surface area contributed by atoms with Gasteiger partial charge in [-0.3, -0.25) is 0 Å². The summed E-state index contributed by atoms with van der Waals surface area (Å²) in [6.45, 7) is 0.683. The summed E-state index contributed by atoms with van der Waals surface area (Å²) in [5, 5.41) is 8.35. The lowest BCUT2D eigenvalue weighted by molar-refractivity contribution is -0.137. The zero-order valence-corrected chi connectivity index (χ0v) is 15.0. The van der Waals surface area contributed by atoms with E-state index < -0.39 is 11.7 Å². The van der Waals surface area contributed by atoms with Crippen molar-refractivity contribution in [3.63, 3.8) is 0 Å². The fourth-order valence-electron chi connectivity index (χ4n) is 3.25. The van der Waals surface area contributed by atoms with E-state index in [1.165, 1.54) is 13.2 Å². The molecule has 0 saturated heterocycles. The van der Waals surface area contributed by atoms with Crippen LogP contribution in [0.2, 0.25) is 5.02 Å². The highest BCUT2D eigenvalue weighted by atomic mass is 35.5. The van der Waals surface area contributed by atoms with Crippen molar-refractivity contribution in [2.45, 2.75) is 12.6 Å². The maximum atomic E-state index is 13.1. The van der Waals surface area contributed by atoms with Gasteiger partial charge in [0, 0.05) is 22.7 Å². The van der Waals surface area contributed by atoms with Gasteiger partial charge >= 0.3 is 6.18 Å². The van der Waals surface area contributed by atoms with Gasteiger partial charge < -0.3 is 10.1 Å². The number of nitrogens with one attached hydrogen (secondary N) is 1. The first-order chi connectivity index (χ1) is 12.9. The van der Waals surface area contributed by atoms with Crippen LogP contribution in [0.1, 0.15) is 11.1 Å². The average molecular weight is 394 g/mol. The molecule has 0 saturated carbocycles. The fraction of sp³-hybridized carbons (Fsp3) is 0.211. The maximum absolute atomic E-state index is 13.1. The minimum atomic E-state index is -4.41. The molecule has 0 aliphatic carbocycles. The minimum absolute atomic E-state index is 0.421. The average Bonchev–Trinajstić information content (AvgIpc) is 3.23. The summed E-state index contributed by atoms with van der Waals surface area (Å²) in [7, 11) is 1.54. The highest BCUT2D eigenvalue weighted by Crippen LogP contribution is 2.39. The van der Waals surface area contributed by atoms with E-state index in [-0.39, 0.29) is 0 Å². The summed E-state index contributed by atoms with van der Waals surface area (Å²) in [5.74, 6) is 1.30. The molecular formula is C19H15ClF3N3O.